The number of pyridine rings is 1. The van der Waals surface area contributed by atoms with Gasteiger partial charge in [-0.2, -0.15) is 0 Å². The Labute approximate surface area is 118 Å². The minimum Gasteiger partial charge on any atom is -0.380 e. The fraction of sp³-hybridized carbons (Fsp3) is 0.571. The molecule has 2 rings (SSSR count). The van der Waals surface area contributed by atoms with Gasteiger partial charge in [0, 0.05) is 32.5 Å². The predicted molar refractivity (Wildman–Crippen MR) is 76.8 cm³/mol. The molecule has 1 aliphatic heterocycles. The Kier molecular flexibility index (Phi) is 4.92. The molecule has 20 heavy (non-hydrogen) atoms. The van der Waals surface area contributed by atoms with Crippen LogP contribution in [0.15, 0.2) is 23.1 Å². The lowest BCUT2D eigenvalue weighted by Crippen LogP contribution is -2.35. The average molecular weight is 279 g/mol. The van der Waals surface area contributed by atoms with Crippen LogP contribution < -0.4 is 16.2 Å². The molecule has 0 bridgehead atoms. The van der Waals surface area contributed by atoms with Crippen LogP contribution in [0.25, 0.3) is 0 Å². The molecule has 1 amide bonds. The van der Waals surface area contributed by atoms with Crippen molar-refractivity contribution >= 4 is 11.6 Å². The van der Waals surface area contributed by atoms with E-state index in [1.807, 2.05) is 6.92 Å². The maximum Gasteiger partial charge on any atom is 0.250 e. The largest absolute Gasteiger partial charge is 0.380 e. The number of ether oxygens (including phenoxy) is 1. The van der Waals surface area contributed by atoms with Crippen molar-refractivity contribution < 1.29 is 9.53 Å². The number of hydrogen-bond donors (Lipinski definition) is 2. The highest BCUT2D eigenvalue weighted by Crippen LogP contribution is 2.12. The van der Waals surface area contributed by atoms with Gasteiger partial charge in [-0.25, -0.2) is 0 Å². The monoisotopic (exact) mass is 279 g/mol. The van der Waals surface area contributed by atoms with Crippen molar-refractivity contribution in [3.05, 3.63) is 28.7 Å². The third-order valence-electron chi connectivity index (χ3n) is 3.46. The minimum absolute atomic E-state index is 0.0525. The van der Waals surface area contributed by atoms with Gasteiger partial charge < -0.3 is 19.9 Å². The van der Waals surface area contributed by atoms with Crippen LogP contribution in [-0.4, -0.2) is 36.3 Å². The van der Waals surface area contributed by atoms with Crippen LogP contribution in [0.4, 0.5) is 5.69 Å². The molecule has 0 aromatic carbocycles. The quantitative estimate of drug-likeness (QED) is 0.826. The number of nitrogens with one attached hydrogen (secondary N) is 2. The van der Waals surface area contributed by atoms with E-state index in [9.17, 15) is 9.59 Å². The molecule has 1 aliphatic rings. The van der Waals surface area contributed by atoms with E-state index in [0.717, 1.165) is 6.42 Å². The highest BCUT2D eigenvalue weighted by molar-refractivity contribution is 5.94. The summed E-state index contributed by atoms with van der Waals surface area (Å²) in [6, 6.07) is 2.87. The van der Waals surface area contributed by atoms with Crippen LogP contribution >= 0.6 is 0 Å². The van der Waals surface area contributed by atoms with E-state index in [4.69, 9.17) is 4.74 Å². The summed E-state index contributed by atoms with van der Waals surface area (Å²) < 4.78 is 6.83. The van der Waals surface area contributed by atoms with Crippen molar-refractivity contribution in [3.8, 4) is 0 Å². The maximum absolute atomic E-state index is 12.1. The van der Waals surface area contributed by atoms with E-state index >= 15 is 0 Å². The van der Waals surface area contributed by atoms with Crippen molar-refractivity contribution in [2.45, 2.75) is 38.5 Å². The number of aromatic nitrogens is 1. The van der Waals surface area contributed by atoms with E-state index in [1.165, 1.54) is 6.07 Å². The Morgan fingerprint density at radius 3 is 3.00 bits per heavy atom. The van der Waals surface area contributed by atoms with Gasteiger partial charge in [0.1, 0.15) is 0 Å². The number of carbonyl (C=O) groups excluding carboxylic acids is 1. The molecule has 1 saturated heterocycles. The Hall–Kier alpha value is -1.66. The maximum atomic E-state index is 12.1. The van der Waals surface area contributed by atoms with Crippen molar-refractivity contribution in [3.63, 3.8) is 0 Å². The Bertz CT molecular complexity index is 527. The SMILES string of the molecule is CCCn1cc(NC(=O)C2CC(OC)CN2)ccc1=O. The predicted octanol–water partition coefficient (Wildman–Crippen LogP) is 0.574. The second kappa shape index (κ2) is 6.67. The number of methoxy groups -OCH3 is 1. The van der Waals surface area contributed by atoms with E-state index in [2.05, 4.69) is 10.6 Å². The first-order valence-electron chi connectivity index (χ1n) is 6.91. The van der Waals surface area contributed by atoms with Crippen LogP contribution in [0.5, 0.6) is 0 Å². The summed E-state index contributed by atoms with van der Waals surface area (Å²) in [5, 5.41) is 5.96. The lowest BCUT2D eigenvalue weighted by atomic mass is 10.2. The zero-order valence-electron chi connectivity index (χ0n) is 11.9. The number of anilines is 1. The molecule has 0 spiro atoms. The third-order valence-corrected chi connectivity index (χ3v) is 3.46. The van der Waals surface area contributed by atoms with Gasteiger partial charge in [-0.05, 0) is 18.9 Å². The zero-order chi connectivity index (χ0) is 14.5. The van der Waals surface area contributed by atoms with Gasteiger partial charge in [0.05, 0.1) is 17.8 Å². The molecule has 2 atom stereocenters. The smallest absolute Gasteiger partial charge is 0.250 e. The van der Waals surface area contributed by atoms with Gasteiger partial charge >= 0.3 is 0 Å². The molecular weight excluding hydrogens is 258 g/mol. The molecule has 0 saturated carbocycles. The van der Waals surface area contributed by atoms with E-state index in [1.54, 1.807) is 23.9 Å². The van der Waals surface area contributed by atoms with E-state index in [0.29, 0.717) is 25.2 Å². The van der Waals surface area contributed by atoms with Crippen LogP contribution in [0.3, 0.4) is 0 Å². The molecule has 2 N–H and O–H groups in total. The first-order chi connectivity index (χ1) is 9.63. The van der Waals surface area contributed by atoms with Crippen LogP contribution in [0, 0.1) is 0 Å². The van der Waals surface area contributed by atoms with Gasteiger partial charge in [-0.15, -0.1) is 0 Å². The Balaban J connectivity index is 2.01. The molecule has 6 heteroatoms. The number of aryl methyl sites for hydroxylation is 1. The summed E-state index contributed by atoms with van der Waals surface area (Å²) in [6.45, 7) is 3.34. The molecule has 6 nitrogen and oxygen atoms in total. The van der Waals surface area contributed by atoms with Crippen molar-refractivity contribution in [2.24, 2.45) is 0 Å². The lowest BCUT2D eigenvalue weighted by molar-refractivity contribution is -0.118. The number of carbonyl (C=O) groups is 1. The molecule has 0 radical (unpaired) electrons. The summed E-state index contributed by atoms with van der Waals surface area (Å²) in [6.07, 6.45) is 3.31. The standard InChI is InChI=1S/C14H21N3O3/c1-3-6-17-9-10(4-5-13(17)18)16-14(19)12-7-11(20-2)8-15-12/h4-5,9,11-12,15H,3,6-8H2,1-2H3,(H,16,19). The van der Waals surface area contributed by atoms with Crippen LogP contribution in [0.1, 0.15) is 19.8 Å². The summed E-state index contributed by atoms with van der Waals surface area (Å²) in [5.41, 5.74) is 0.592. The summed E-state index contributed by atoms with van der Waals surface area (Å²) in [4.78, 5) is 23.7. The van der Waals surface area contributed by atoms with Gasteiger partial charge in [0.2, 0.25) is 5.91 Å². The Morgan fingerprint density at radius 2 is 2.35 bits per heavy atom. The summed E-state index contributed by atoms with van der Waals surface area (Å²) in [5.74, 6) is -0.0914. The van der Waals surface area contributed by atoms with Crippen LogP contribution in [0.2, 0.25) is 0 Å². The highest BCUT2D eigenvalue weighted by Gasteiger charge is 2.29. The van der Waals surface area contributed by atoms with E-state index in [-0.39, 0.29) is 23.6 Å². The van der Waals surface area contributed by atoms with Crippen molar-refractivity contribution in [1.29, 1.82) is 0 Å². The van der Waals surface area contributed by atoms with Crippen molar-refractivity contribution in [1.82, 2.24) is 9.88 Å². The lowest BCUT2D eigenvalue weighted by Gasteiger charge is -2.12. The second-order valence-electron chi connectivity index (χ2n) is 4.99. The first kappa shape index (κ1) is 14.7. The number of rotatable bonds is 5. The fourth-order valence-corrected chi connectivity index (χ4v) is 2.33. The normalized spacial score (nSPS) is 21.9. The van der Waals surface area contributed by atoms with E-state index < -0.39 is 0 Å². The molecule has 0 aliphatic carbocycles. The Morgan fingerprint density at radius 1 is 1.55 bits per heavy atom. The molecule has 2 unspecified atom stereocenters. The second-order valence-corrected chi connectivity index (χ2v) is 4.99. The minimum atomic E-state index is -0.244. The number of nitrogens with zero attached hydrogens (tertiary/aromatic N) is 1. The summed E-state index contributed by atoms with van der Waals surface area (Å²) in [7, 11) is 1.65. The number of hydrogen-bond acceptors (Lipinski definition) is 4. The fourth-order valence-electron chi connectivity index (χ4n) is 2.33. The van der Waals surface area contributed by atoms with Gasteiger partial charge in [-0.1, -0.05) is 6.92 Å². The zero-order valence-corrected chi connectivity index (χ0v) is 11.9. The first-order valence-corrected chi connectivity index (χ1v) is 6.91. The molecule has 2 heterocycles. The molecule has 110 valence electrons. The summed E-state index contributed by atoms with van der Waals surface area (Å²) >= 11 is 0. The molecule has 1 fully saturated rings. The molecular formula is C14H21N3O3. The van der Waals surface area contributed by atoms with Crippen molar-refractivity contribution in [2.75, 3.05) is 19.0 Å². The third kappa shape index (κ3) is 3.46. The van der Waals surface area contributed by atoms with Gasteiger partial charge in [0.25, 0.3) is 5.56 Å². The highest BCUT2D eigenvalue weighted by atomic mass is 16.5. The molecule has 1 aromatic heterocycles. The van der Waals surface area contributed by atoms with Gasteiger partial charge in [-0.3, -0.25) is 9.59 Å². The molecule has 1 aromatic rings. The average Bonchev–Trinajstić information content (AvgIpc) is 2.92. The van der Waals surface area contributed by atoms with Crippen LogP contribution in [-0.2, 0) is 16.1 Å². The van der Waals surface area contributed by atoms with Gasteiger partial charge in [0.15, 0.2) is 0 Å². The topological polar surface area (TPSA) is 72.4 Å². The number of amides is 1.